The Bertz CT molecular complexity index is 839. The van der Waals surface area contributed by atoms with Crippen molar-refractivity contribution in [2.24, 2.45) is 0 Å². The first kappa shape index (κ1) is 20.7. The topological polar surface area (TPSA) is 117 Å². The van der Waals surface area contributed by atoms with Crippen molar-refractivity contribution < 1.29 is 28.7 Å². The first-order chi connectivity index (χ1) is 13.4. The van der Waals surface area contributed by atoms with E-state index in [0.29, 0.717) is 0 Å². The van der Waals surface area contributed by atoms with Gasteiger partial charge in [-0.25, -0.2) is 4.79 Å². The second-order valence-corrected chi connectivity index (χ2v) is 5.74. The molecule has 0 radical (unpaired) electrons. The lowest BCUT2D eigenvalue weighted by molar-refractivity contribution is -0.385. The van der Waals surface area contributed by atoms with Crippen molar-refractivity contribution in [3.05, 3.63) is 64.2 Å². The maximum atomic E-state index is 11.9. The summed E-state index contributed by atoms with van der Waals surface area (Å²) in [6, 6.07) is 13.0. The normalized spacial score (nSPS) is 11.2. The van der Waals surface area contributed by atoms with Crippen LogP contribution in [0.15, 0.2) is 48.5 Å². The number of benzene rings is 2. The van der Waals surface area contributed by atoms with E-state index in [9.17, 15) is 19.7 Å². The van der Waals surface area contributed by atoms with Gasteiger partial charge in [0.2, 0.25) is 5.75 Å². The largest absolute Gasteiger partial charge is 0.490 e. The van der Waals surface area contributed by atoms with Crippen LogP contribution in [0, 0.1) is 10.1 Å². The lowest BCUT2D eigenvalue weighted by atomic mass is 10.1. The molecule has 1 N–H and O–H groups in total. The number of hydrogen-bond acceptors (Lipinski definition) is 7. The van der Waals surface area contributed by atoms with E-state index >= 15 is 0 Å². The number of esters is 1. The third kappa shape index (κ3) is 5.97. The molecular formula is C19H20N2O7. The fourth-order valence-electron chi connectivity index (χ4n) is 2.34. The summed E-state index contributed by atoms with van der Waals surface area (Å²) in [5.41, 5.74) is 0.708. The molecular weight excluding hydrogens is 368 g/mol. The molecule has 0 fully saturated rings. The van der Waals surface area contributed by atoms with Crippen LogP contribution < -0.4 is 14.8 Å². The Morgan fingerprint density at radius 3 is 2.50 bits per heavy atom. The summed E-state index contributed by atoms with van der Waals surface area (Å²) >= 11 is 0. The molecule has 0 aliphatic heterocycles. The van der Waals surface area contributed by atoms with Gasteiger partial charge in [-0.15, -0.1) is 0 Å². The Morgan fingerprint density at radius 2 is 1.86 bits per heavy atom. The van der Waals surface area contributed by atoms with Gasteiger partial charge in [-0.1, -0.05) is 30.3 Å². The molecule has 0 aliphatic rings. The average Bonchev–Trinajstić information content (AvgIpc) is 2.70. The molecule has 2 rings (SSSR count). The minimum absolute atomic E-state index is 0.00476. The van der Waals surface area contributed by atoms with E-state index in [1.807, 2.05) is 37.3 Å². The van der Waals surface area contributed by atoms with Crippen LogP contribution in [-0.4, -0.2) is 37.1 Å². The zero-order chi connectivity index (χ0) is 20.5. The van der Waals surface area contributed by atoms with Crippen molar-refractivity contribution >= 4 is 17.6 Å². The van der Waals surface area contributed by atoms with Crippen LogP contribution in [0.25, 0.3) is 0 Å². The molecule has 0 aliphatic carbocycles. The molecule has 1 amide bonds. The fraction of sp³-hybridized carbons (Fsp3) is 0.263. The maximum Gasteiger partial charge on any atom is 0.344 e. The molecule has 0 saturated carbocycles. The summed E-state index contributed by atoms with van der Waals surface area (Å²) in [5, 5.41) is 13.6. The van der Waals surface area contributed by atoms with E-state index in [2.05, 4.69) is 5.32 Å². The van der Waals surface area contributed by atoms with Crippen LogP contribution in [0.4, 0.5) is 5.69 Å². The van der Waals surface area contributed by atoms with Crippen LogP contribution in [-0.2, 0) is 14.3 Å². The smallest absolute Gasteiger partial charge is 0.344 e. The van der Waals surface area contributed by atoms with Crippen molar-refractivity contribution in [3.8, 4) is 11.5 Å². The summed E-state index contributed by atoms with van der Waals surface area (Å²) in [6.07, 6.45) is 0. The second kappa shape index (κ2) is 9.91. The van der Waals surface area contributed by atoms with Crippen LogP contribution in [0.1, 0.15) is 18.5 Å². The molecule has 2 aromatic carbocycles. The number of nitrogens with zero attached hydrogens (tertiary/aromatic N) is 1. The number of ether oxygens (including phenoxy) is 3. The van der Waals surface area contributed by atoms with Crippen LogP contribution in [0.5, 0.6) is 11.5 Å². The van der Waals surface area contributed by atoms with Crippen LogP contribution >= 0.6 is 0 Å². The van der Waals surface area contributed by atoms with Gasteiger partial charge in [-0.3, -0.25) is 14.9 Å². The molecule has 148 valence electrons. The van der Waals surface area contributed by atoms with E-state index in [-0.39, 0.29) is 23.2 Å². The molecule has 9 nitrogen and oxygen atoms in total. The maximum absolute atomic E-state index is 11.9. The summed E-state index contributed by atoms with van der Waals surface area (Å²) < 4.78 is 15.0. The van der Waals surface area contributed by atoms with Gasteiger partial charge in [0.25, 0.3) is 5.91 Å². The molecule has 9 heteroatoms. The van der Waals surface area contributed by atoms with Crippen molar-refractivity contribution in [2.75, 3.05) is 20.3 Å². The third-order valence-corrected chi connectivity index (χ3v) is 3.75. The summed E-state index contributed by atoms with van der Waals surface area (Å²) in [7, 11) is 1.29. The number of hydrogen-bond donors (Lipinski definition) is 1. The van der Waals surface area contributed by atoms with Gasteiger partial charge in [0.1, 0.15) is 5.75 Å². The van der Waals surface area contributed by atoms with E-state index < -0.39 is 30.0 Å². The molecule has 0 bridgehead atoms. The second-order valence-electron chi connectivity index (χ2n) is 5.74. The summed E-state index contributed by atoms with van der Waals surface area (Å²) in [4.78, 5) is 33.9. The zero-order valence-electron chi connectivity index (χ0n) is 15.4. The van der Waals surface area contributed by atoms with E-state index in [1.54, 1.807) is 0 Å². The highest BCUT2D eigenvalue weighted by molar-refractivity contribution is 5.81. The number of rotatable bonds is 9. The number of nitro benzene ring substituents is 1. The van der Waals surface area contributed by atoms with Crippen molar-refractivity contribution in [3.63, 3.8) is 0 Å². The van der Waals surface area contributed by atoms with Crippen molar-refractivity contribution in [1.82, 2.24) is 5.32 Å². The Morgan fingerprint density at radius 1 is 1.14 bits per heavy atom. The van der Waals surface area contributed by atoms with E-state index in [0.717, 1.165) is 5.56 Å². The van der Waals surface area contributed by atoms with Crippen molar-refractivity contribution in [1.29, 1.82) is 0 Å². The quantitative estimate of drug-likeness (QED) is 0.398. The van der Waals surface area contributed by atoms with Gasteiger partial charge in [-0.2, -0.15) is 0 Å². The zero-order valence-corrected chi connectivity index (χ0v) is 15.4. The molecule has 0 saturated heterocycles. The van der Waals surface area contributed by atoms with Gasteiger partial charge in [-0.05, 0) is 18.6 Å². The molecule has 2 aromatic rings. The minimum atomic E-state index is -0.750. The van der Waals surface area contributed by atoms with Gasteiger partial charge in [0.15, 0.2) is 13.2 Å². The molecule has 0 spiro atoms. The van der Waals surface area contributed by atoms with Gasteiger partial charge < -0.3 is 19.5 Å². The third-order valence-electron chi connectivity index (χ3n) is 3.75. The van der Waals surface area contributed by atoms with Gasteiger partial charge >= 0.3 is 11.7 Å². The number of nitrogens with one attached hydrogen (secondary N) is 1. The number of amides is 1. The molecule has 0 heterocycles. The predicted molar refractivity (Wildman–Crippen MR) is 99.1 cm³/mol. The predicted octanol–water partition coefficient (Wildman–Crippen LogP) is 2.40. The molecule has 0 aromatic heterocycles. The number of carbonyl (C=O) groups is 2. The van der Waals surface area contributed by atoms with E-state index in [1.165, 1.54) is 25.3 Å². The highest BCUT2D eigenvalue weighted by Gasteiger charge is 2.16. The lowest BCUT2D eigenvalue weighted by Gasteiger charge is -2.14. The van der Waals surface area contributed by atoms with Gasteiger partial charge in [0.05, 0.1) is 18.1 Å². The Labute approximate surface area is 161 Å². The monoisotopic (exact) mass is 388 g/mol. The molecule has 1 unspecified atom stereocenters. The van der Waals surface area contributed by atoms with E-state index in [4.69, 9.17) is 14.2 Å². The number of methoxy groups -OCH3 is 1. The highest BCUT2D eigenvalue weighted by Crippen LogP contribution is 2.30. The van der Waals surface area contributed by atoms with Crippen LogP contribution in [0.2, 0.25) is 0 Å². The fourth-order valence-corrected chi connectivity index (χ4v) is 2.34. The van der Waals surface area contributed by atoms with Crippen molar-refractivity contribution in [2.45, 2.75) is 13.0 Å². The first-order valence-corrected chi connectivity index (χ1v) is 8.36. The molecule has 1 atom stereocenters. The molecule has 28 heavy (non-hydrogen) atoms. The highest BCUT2D eigenvalue weighted by atomic mass is 16.6. The lowest BCUT2D eigenvalue weighted by Crippen LogP contribution is -2.31. The Kier molecular flexibility index (Phi) is 7.32. The average molecular weight is 388 g/mol. The standard InChI is InChI=1S/C19H20N2O7/c1-13(14-6-4-3-5-7-14)20-18(22)11-28-19(23)12-27-15-8-9-16(21(24)25)17(10-15)26-2/h3-10,13H,11-12H2,1-2H3,(H,20,22). The number of nitro groups is 1. The van der Waals surface area contributed by atoms with Gasteiger partial charge in [0, 0.05) is 12.1 Å². The first-order valence-electron chi connectivity index (χ1n) is 8.36. The SMILES string of the molecule is COc1cc(OCC(=O)OCC(=O)NC(C)c2ccccc2)ccc1[N+](=O)[O-]. The summed E-state index contributed by atoms with van der Waals surface area (Å²) in [6.45, 7) is 0.922. The number of carbonyl (C=O) groups excluding carboxylic acids is 2. The van der Waals surface area contributed by atoms with Crippen LogP contribution in [0.3, 0.4) is 0 Å². The Balaban J connectivity index is 1.78. The Hall–Kier alpha value is -3.62. The summed E-state index contributed by atoms with van der Waals surface area (Å²) in [5.74, 6) is -0.992. The minimum Gasteiger partial charge on any atom is -0.490 e.